The maximum Gasteiger partial charge on any atom is 0.0697 e. The van der Waals surface area contributed by atoms with Crippen molar-refractivity contribution in [3.63, 3.8) is 0 Å². The summed E-state index contributed by atoms with van der Waals surface area (Å²) in [6.07, 6.45) is 0.392. The normalized spacial score (nSPS) is 35.3. The Bertz CT molecular complexity index is 69.5. The van der Waals surface area contributed by atoms with Gasteiger partial charge >= 0.3 is 0 Å². The summed E-state index contributed by atoms with van der Waals surface area (Å²) < 4.78 is 5.33. The lowest BCUT2D eigenvalue weighted by atomic mass is 10.2. The van der Waals surface area contributed by atoms with Crippen LogP contribution < -0.4 is 5.32 Å². The summed E-state index contributed by atoms with van der Waals surface area (Å²) in [7, 11) is 0. The van der Waals surface area contributed by atoms with Gasteiger partial charge in [-0.1, -0.05) is 0 Å². The lowest BCUT2D eigenvalue weighted by Gasteiger charge is -2.26. The van der Waals surface area contributed by atoms with Crippen LogP contribution in [-0.2, 0) is 4.74 Å². The molecule has 1 N–H and O–H groups in total. The number of halogens is 1. The highest BCUT2D eigenvalue weighted by atomic mass is 35.5. The van der Waals surface area contributed by atoms with E-state index in [2.05, 4.69) is 19.2 Å². The maximum absolute atomic E-state index is 5.33. The fourth-order valence-electron chi connectivity index (χ4n) is 0.842. The summed E-state index contributed by atoms with van der Waals surface area (Å²) in [6, 6.07) is 0.531. The highest BCUT2D eigenvalue weighted by molar-refractivity contribution is 5.85. The van der Waals surface area contributed by atoms with E-state index in [-0.39, 0.29) is 12.4 Å². The zero-order chi connectivity index (χ0) is 5.98. The SMILES string of the molecule is CC1NCCOC1C.Cl. The predicted octanol–water partition coefficient (Wildman–Crippen LogP) is 0.805. The van der Waals surface area contributed by atoms with Gasteiger partial charge in [0.15, 0.2) is 0 Å². The highest BCUT2D eigenvalue weighted by Crippen LogP contribution is 2.00. The predicted molar refractivity (Wildman–Crippen MR) is 40.1 cm³/mol. The molecule has 1 fully saturated rings. The van der Waals surface area contributed by atoms with Crippen LogP contribution in [0.25, 0.3) is 0 Å². The third kappa shape index (κ3) is 2.52. The van der Waals surface area contributed by atoms with Crippen LogP contribution in [0.3, 0.4) is 0 Å². The summed E-state index contributed by atoms with van der Waals surface area (Å²) in [6.45, 7) is 6.11. The third-order valence-corrected chi connectivity index (χ3v) is 1.65. The van der Waals surface area contributed by atoms with Crippen molar-refractivity contribution in [2.75, 3.05) is 13.2 Å². The van der Waals surface area contributed by atoms with Crippen LogP contribution >= 0.6 is 12.4 Å². The fourth-order valence-corrected chi connectivity index (χ4v) is 0.842. The van der Waals surface area contributed by atoms with Crippen LogP contribution in [0.1, 0.15) is 13.8 Å². The summed E-state index contributed by atoms with van der Waals surface area (Å²) >= 11 is 0. The molecule has 1 rings (SSSR count). The molecule has 9 heavy (non-hydrogen) atoms. The van der Waals surface area contributed by atoms with Gasteiger partial charge in [0.25, 0.3) is 0 Å². The average Bonchev–Trinajstić information content (AvgIpc) is 1.77. The second-order valence-corrected chi connectivity index (χ2v) is 2.32. The topological polar surface area (TPSA) is 21.3 Å². The Hall–Kier alpha value is 0.210. The lowest BCUT2D eigenvalue weighted by Crippen LogP contribution is -2.44. The number of hydrogen-bond acceptors (Lipinski definition) is 2. The van der Waals surface area contributed by atoms with Gasteiger partial charge in [0.1, 0.15) is 0 Å². The van der Waals surface area contributed by atoms with Crippen LogP contribution in [0.15, 0.2) is 0 Å². The van der Waals surface area contributed by atoms with Gasteiger partial charge in [-0.3, -0.25) is 0 Å². The van der Waals surface area contributed by atoms with E-state index in [0.29, 0.717) is 12.1 Å². The van der Waals surface area contributed by atoms with E-state index in [9.17, 15) is 0 Å². The molecular formula is C6H14ClNO. The van der Waals surface area contributed by atoms with Crippen molar-refractivity contribution in [2.24, 2.45) is 0 Å². The van der Waals surface area contributed by atoms with Crippen LogP contribution in [0.2, 0.25) is 0 Å². The number of ether oxygens (including phenoxy) is 1. The minimum absolute atomic E-state index is 0. The maximum atomic E-state index is 5.33. The van der Waals surface area contributed by atoms with Crippen LogP contribution in [0.5, 0.6) is 0 Å². The molecule has 1 heterocycles. The molecule has 0 aromatic heterocycles. The van der Waals surface area contributed by atoms with Gasteiger partial charge in [0.2, 0.25) is 0 Å². The van der Waals surface area contributed by atoms with Gasteiger partial charge in [0, 0.05) is 12.6 Å². The number of rotatable bonds is 0. The second-order valence-electron chi connectivity index (χ2n) is 2.32. The minimum Gasteiger partial charge on any atom is -0.376 e. The van der Waals surface area contributed by atoms with Crippen molar-refractivity contribution in [2.45, 2.75) is 26.0 Å². The van der Waals surface area contributed by atoms with Crippen LogP contribution in [0, 0.1) is 0 Å². The Labute approximate surface area is 62.4 Å². The van der Waals surface area contributed by atoms with Crippen LogP contribution in [-0.4, -0.2) is 25.3 Å². The van der Waals surface area contributed by atoms with E-state index in [1.807, 2.05) is 0 Å². The van der Waals surface area contributed by atoms with E-state index in [0.717, 1.165) is 13.2 Å². The van der Waals surface area contributed by atoms with Crippen molar-refractivity contribution < 1.29 is 4.74 Å². The molecule has 2 nitrogen and oxygen atoms in total. The number of morpholine rings is 1. The molecule has 3 heteroatoms. The molecule has 2 unspecified atom stereocenters. The second kappa shape index (κ2) is 4.09. The first-order chi connectivity index (χ1) is 3.80. The summed E-state index contributed by atoms with van der Waals surface area (Å²) in [5.74, 6) is 0. The number of nitrogens with one attached hydrogen (secondary N) is 1. The third-order valence-electron chi connectivity index (χ3n) is 1.65. The van der Waals surface area contributed by atoms with Gasteiger partial charge in [-0.25, -0.2) is 0 Å². The average molecular weight is 152 g/mol. The van der Waals surface area contributed by atoms with Crippen molar-refractivity contribution in [1.29, 1.82) is 0 Å². The van der Waals surface area contributed by atoms with E-state index in [1.165, 1.54) is 0 Å². The summed E-state index contributed by atoms with van der Waals surface area (Å²) in [5, 5.41) is 3.31. The molecular weight excluding hydrogens is 138 g/mol. The highest BCUT2D eigenvalue weighted by Gasteiger charge is 2.15. The molecule has 0 amide bonds. The monoisotopic (exact) mass is 151 g/mol. The van der Waals surface area contributed by atoms with Gasteiger partial charge in [-0.15, -0.1) is 12.4 Å². The lowest BCUT2D eigenvalue weighted by molar-refractivity contribution is 0.0135. The van der Waals surface area contributed by atoms with Gasteiger partial charge < -0.3 is 10.1 Å². The van der Waals surface area contributed by atoms with Crippen molar-refractivity contribution in [1.82, 2.24) is 5.32 Å². The Balaban J connectivity index is 0.000000640. The molecule has 0 aliphatic carbocycles. The Morgan fingerprint density at radius 3 is 2.44 bits per heavy atom. The fraction of sp³-hybridized carbons (Fsp3) is 1.00. The first-order valence-electron chi connectivity index (χ1n) is 3.15. The molecule has 1 aliphatic heterocycles. The van der Waals surface area contributed by atoms with E-state index in [4.69, 9.17) is 4.74 Å². The minimum atomic E-state index is 0. The van der Waals surface area contributed by atoms with Crippen molar-refractivity contribution in [3.05, 3.63) is 0 Å². The molecule has 0 radical (unpaired) electrons. The van der Waals surface area contributed by atoms with Gasteiger partial charge in [-0.2, -0.15) is 0 Å². The van der Waals surface area contributed by atoms with E-state index in [1.54, 1.807) is 0 Å². The molecule has 0 spiro atoms. The van der Waals surface area contributed by atoms with Crippen LogP contribution in [0.4, 0.5) is 0 Å². The van der Waals surface area contributed by atoms with E-state index >= 15 is 0 Å². The zero-order valence-corrected chi connectivity index (χ0v) is 6.70. The largest absolute Gasteiger partial charge is 0.376 e. The van der Waals surface area contributed by atoms with Gasteiger partial charge in [0.05, 0.1) is 12.7 Å². The molecule has 2 atom stereocenters. The molecule has 0 bridgehead atoms. The zero-order valence-electron chi connectivity index (χ0n) is 5.89. The molecule has 56 valence electrons. The first kappa shape index (κ1) is 9.21. The van der Waals surface area contributed by atoms with E-state index < -0.39 is 0 Å². The molecule has 1 aliphatic rings. The molecule has 0 saturated carbocycles. The summed E-state index contributed by atoms with van der Waals surface area (Å²) in [4.78, 5) is 0. The molecule has 0 aromatic rings. The first-order valence-corrected chi connectivity index (χ1v) is 3.15. The quantitative estimate of drug-likeness (QED) is 0.553. The molecule has 1 saturated heterocycles. The standard InChI is InChI=1S/C6H13NO.ClH/c1-5-6(2)8-4-3-7-5;/h5-7H,3-4H2,1-2H3;1H. The Kier molecular flexibility index (Phi) is 4.19. The smallest absolute Gasteiger partial charge is 0.0697 e. The van der Waals surface area contributed by atoms with Crippen molar-refractivity contribution >= 4 is 12.4 Å². The Morgan fingerprint density at radius 1 is 1.44 bits per heavy atom. The number of hydrogen-bond donors (Lipinski definition) is 1. The summed E-state index contributed by atoms with van der Waals surface area (Å²) in [5.41, 5.74) is 0. The van der Waals surface area contributed by atoms with Crippen molar-refractivity contribution in [3.8, 4) is 0 Å². The van der Waals surface area contributed by atoms with Gasteiger partial charge in [-0.05, 0) is 13.8 Å². The Morgan fingerprint density at radius 2 is 2.11 bits per heavy atom. The molecule has 0 aromatic carbocycles.